The largest absolute Gasteiger partial charge is 0.342 e. The Labute approximate surface area is 104 Å². The van der Waals surface area contributed by atoms with Crippen molar-refractivity contribution in [3.63, 3.8) is 0 Å². The van der Waals surface area contributed by atoms with E-state index in [2.05, 4.69) is 11.8 Å². The average molecular weight is 236 g/mol. The Balaban J connectivity index is 1.69. The number of nitrogens with zero attached hydrogens (tertiary/aromatic N) is 1. The third-order valence-corrected chi connectivity index (χ3v) is 5.42. The Kier molecular flexibility index (Phi) is 2.69. The molecular formula is C14H24N2O. The predicted molar refractivity (Wildman–Crippen MR) is 67.3 cm³/mol. The molecule has 96 valence electrons. The minimum Gasteiger partial charge on any atom is -0.342 e. The van der Waals surface area contributed by atoms with Gasteiger partial charge in [0.25, 0.3) is 0 Å². The van der Waals surface area contributed by atoms with Crippen molar-refractivity contribution in [3.05, 3.63) is 0 Å². The van der Waals surface area contributed by atoms with E-state index < -0.39 is 0 Å². The first kappa shape index (κ1) is 11.5. The van der Waals surface area contributed by atoms with Crippen LogP contribution in [0.4, 0.5) is 0 Å². The number of rotatable bonds is 1. The molecule has 0 aromatic rings. The number of hydrogen-bond donors (Lipinski definition) is 1. The van der Waals surface area contributed by atoms with Crippen molar-refractivity contribution in [1.29, 1.82) is 0 Å². The zero-order chi connectivity index (χ0) is 12.0. The highest BCUT2D eigenvalue weighted by Crippen LogP contribution is 2.43. The minimum absolute atomic E-state index is 0.0528. The lowest BCUT2D eigenvalue weighted by molar-refractivity contribution is -0.140. The van der Waals surface area contributed by atoms with Crippen LogP contribution in [0.1, 0.15) is 45.4 Å². The second kappa shape index (κ2) is 3.98. The van der Waals surface area contributed by atoms with Crippen LogP contribution in [0.2, 0.25) is 0 Å². The number of amides is 1. The molecule has 3 atom stereocenters. The summed E-state index contributed by atoms with van der Waals surface area (Å²) in [4.78, 5) is 14.7. The second-order valence-corrected chi connectivity index (χ2v) is 6.64. The molecule has 3 unspecified atom stereocenters. The fraction of sp³-hybridized carbons (Fsp3) is 0.929. The van der Waals surface area contributed by atoms with E-state index in [1.807, 2.05) is 0 Å². The highest BCUT2D eigenvalue weighted by atomic mass is 16.2. The molecule has 0 radical (unpaired) electrons. The van der Waals surface area contributed by atoms with Crippen molar-refractivity contribution < 1.29 is 4.79 Å². The zero-order valence-electron chi connectivity index (χ0n) is 10.8. The topological polar surface area (TPSA) is 46.3 Å². The maximum Gasteiger partial charge on any atom is 0.228 e. The highest BCUT2D eigenvalue weighted by Gasteiger charge is 2.46. The molecule has 0 bridgehead atoms. The molecule has 3 rings (SSSR count). The van der Waals surface area contributed by atoms with Gasteiger partial charge < -0.3 is 10.6 Å². The first-order valence-electron chi connectivity index (χ1n) is 7.15. The van der Waals surface area contributed by atoms with Crippen molar-refractivity contribution in [1.82, 2.24) is 4.90 Å². The normalized spacial score (nSPS) is 39.6. The van der Waals surface area contributed by atoms with E-state index in [4.69, 9.17) is 5.73 Å². The van der Waals surface area contributed by atoms with Crippen LogP contribution < -0.4 is 5.73 Å². The highest BCUT2D eigenvalue weighted by molar-refractivity contribution is 5.83. The van der Waals surface area contributed by atoms with E-state index in [-0.39, 0.29) is 5.41 Å². The van der Waals surface area contributed by atoms with E-state index in [0.29, 0.717) is 23.8 Å². The molecule has 0 aromatic carbocycles. The lowest BCUT2D eigenvalue weighted by atomic mass is 9.87. The number of carbonyl (C=O) groups excluding carboxylic acids is 1. The summed E-state index contributed by atoms with van der Waals surface area (Å²) in [7, 11) is 0. The first-order valence-corrected chi connectivity index (χ1v) is 7.15. The fourth-order valence-electron chi connectivity index (χ4n) is 4.22. The molecule has 3 aliphatic rings. The van der Waals surface area contributed by atoms with Crippen molar-refractivity contribution in [2.75, 3.05) is 13.1 Å². The Morgan fingerprint density at radius 3 is 2.59 bits per heavy atom. The van der Waals surface area contributed by atoms with Crippen LogP contribution in [-0.4, -0.2) is 29.9 Å². The Hall–Kier alpha value is -0.570. The van der Waals surface area contributed by atoms with Gasteiger partial charge >= 0.3 is 0 Å². The van der Waals surface area contributed by atoms with Crippen LogP contribution >= 0.6 is 0 Å². The predicted octanol–water partition coefficient (Wildman–Crippen LogP) is 1.76. The number of nitrogens with two attached hydrogens (primary N) is 1. The molecule has 3 nitrogen and oxygen atoms in total. The second-order valence-electron chi connectivity index (χ2n) is 6.64. The van der Waals surface area contributed by atoms with Gasteiger partial charge in [-0.1, -0.05) is 19.8 Å². The van der Waals surface area contributed by atoms with Crippen molar-refractivity contribution in [3.8, 4) is 0 Å². The summed E-state index contributed by atoms with van der Waals surface area (Å²) in [5.41, 5.74) is 6.08. The van der Waals surface area contributed by atoms with E-state index in [0.717, 1.165) is 32.4 Å². The standard InChI is InChI=1S/C14H24N2O/c1-14(6-2-3-7-14)13(17)16-8-10-4-5-12(15)11(10)9-16/h10-12H,2-9,15H2,1H3. The Bertz CT molecular complexity index is 322. The number of carbonyl (C=O) groups is 1. The van der Waals surface area contributed by atoms with Crippen LogP contribution in [-0.2, 0) is 4.79 Å². The Morgan fingerprint density at radius 2 is 1.94 bits per heavy atom. The summed E-state index contributed by atoms with van der Waals surface area (Å²) < 4.78 is 0. The number of hydrogen-bond acceptors (Lipinski definition) is 2. The van der Waals surface area contributed by atoms with Crippen molar-refractivity contribution in [2.45, 2.75) is 51.5 Å². The van der Waals surface area contributed by atoms with Gasteiger partial charge in [0.1, 0.15) is 0 Å². The molecule has 1 aliphatic heterocycles. The van der Waals surface area contributed by atoms with Gasteiger partial charge in [-0.2, -0.15) is 0 Å². The van der Waals surface area contributed by atoms with Crippen molar-refractivity contribution >= 4 is 5.91 Å². The summed E-state index contributed by atoms with van der Waals surface area (Å²) in [6.07, 6.45) is 7.01. The molecular weight excluding hydrogens is 212 g/mol. The summed E-state index contributed by atoms with van der Waals surface area (Å²) in [5.74, 6) is 1.69. The minimum atomic E-state index is -0.0528. The smallest absolute Gasteiger partial charge is 0.228 e. The monoisotopic (exact) mass is 236 g/mol. The summed E-state index contributed by atoms with van der Waals surface area (Å²) in [6.45, 7) is 4.07. The summed E-state index contributed by atoms with van der Waals surface area (Å²) in [6, 6.07) is 0.342. The van der Waals surface area contributed by atoms with Crippen LogP contribution in [0.3, 0.4) is 0 Å². The number of likely N-dealkylation sites (tertiary alicyclic amines) is 1. The average Bonchev–Trinajstić information content (AvgIpc) is 2.97. The molecule has 2 saturated carbocycles. The molecule has 0 aromatic heterocycles. The van der Waals surface area contributed by atoms with Gasteiger partial charge in [0, 0.05) is 24.5 Å². The molecule has 3 heteroatoms. The lowest BCUT2D eigenvalue weighted by Gasteiger charge is -2.29. The quantitative estimate of drug-likeness (QED) is 0.754. The van der Waals surface area contributed by atoms with Crippen LogP contribution in [0.15, 0.2) is 0 Å². The van der Waals surface area contributed by atoms with Crippen molar-refractivity contribution in [2.24, 2.45) is 23.0 Å². The third-order valence-electron chi connectivity index (χ3n) is 5.42. The molecule has 1 heterocycles. The van der Waals surface area contributed by atoms with Gasteiger partial charge in [-0.25, -0.2) is 0 Å². The van der Waals surface area contributed by atoms with E-state index in [1.54, 1.807) is 0 Å². The van der Waals surface area contributed by atoms with Gasteiger partial charge in [0.2, 0.25) is 5.91 Å². The molecule has 3 fully saturated rings. The van der Waals surface area contributed by atoms with Gasteiger partial charge in [-0.3, -0.25) is 4.79 Å². The molecule has 2 N–H and O–H groups in total. The summed E-state index contributed by atoms with van der Waals surface area (Å²) >= 11 is 0. The Morgan fingerprint density at radius 1 is 1.24 bits per heavy atom. The molecule has 0 spiro atoms. The SMILES string of the molecule is CC1(C(=O)N2CC3CCC(N)C3C2)CCCC1. The summed E-state index contributed by atoms with van der Waals surface area (Å²) in [5, 5.41) is 0. The van der Waals surface area contributed by atoms with Crippen LogP contribution in [0.25, 0.3) is 0 Å². The molecule has 17 heavy (non-hydrogen) atoms. The maximum atomic E-state index is 12.6. The van der Waals surface area contributed by atoms with Crippen LogP contribution in [0, 0.1) is 17.3 Å². The first-order chi connectivity index (χ1) is 8.10. The van der Waals surface area contributed by atoms with E-state index in [9.17, 15) is 4.79 Å². The van der Waals surface area contributed by atoms with E-state index >= 15 is 0 Å². The lowest BCUT2D eigenvalue weighted by Crippen LogP contribution is -2.41. The maximum absolute atomic E-state index is 12.6. The molecule has 1 amide bonds. The van der Waals surface area contributed by atoms with E-state index in [1.165, 1.54) is 19.3 Å². The van der Waals surface area contributed by atoms with Crippen LogP contribution in [0.5, 0.6) is 0 Å². The van der Waals surface area contributed by atoms with Gasteiger partial charge in [0.05, 0.1) is 0 Å². The third kappa shape index (κ3) is 1.79. The van der Waals surface area contributed by atoms with Gasteiger partial charge in [-0.15, -0.1) is 0 Å². The van der Waals surface area contributed by atoms with Gasteiger partial charge in [0.15, 0.2) is 0 Å². The molecule has 1 saturated heterocycles. The fourth-order valence-corrected chi connectivity index (χ4v) is 4.22. The van der Waals surface area contributed by atoms with Gasteiger partial charge in [-0.05, 0) is 37.5 Å². The molecule has 2 aliphatic carbocycles. The number of fused-ring (bicyclic) bond motifs is 1. The zero-order valence-corrected chi connectivity index (χ0v) is 10.8.